The Hall–Kier alpha value is -1.82. The van der Waals surface area contributed by atoms with Crippen LogP contribution in [0.25, 0.3) is 0 Å². The Morgan fingerprint density at radius 1 is 1.31 bits per heavy atom. The Morgan fingerprint density at radius 3 is 2.81 bits per heavy atom. The van der Waals surface area contributed by atoms with Crippen molar-refractivity contribution in [3.63, 3.8) is 0 Å². The van der Waals surface area contributed by atoms with Crippen molar-refractivity contribution >= 4 is 11.8 Å². The number of aromatic nitrogens is 3. The molecule has 0 saturated carbocycles. The molecule has 1 aromatic carbocycles. The average Bonchev–Trinajstić information content (AvgIpc) is 2.32. The third-order valence-corrected chi connectivity index (χ3v) is 2.98. The van der Waals surface area contributed by atoms with Gasteiger partial charge in [0.2, 0.25) is 5.16 Å². The lowest BCUT2D eigenvalue weighted by atomic mass is 10.2. The van der Waals surface area contributed by atoms with Crippen LogP contribution in [0.4, 0.5) is 0 Å². The van der Waals surface area contributed by atoms with Crippen LogP contribution in [0.5, 0.6) is 0 Å². The van der Waals surface area contributed by atoms with Gasteiger partial charge in [0.05, 0.1) is 0 Å². The number of nitrogens with zero attached hydrogens (tertiary/aromatic N) is 3. The van der Waals surface area contributed by atoms with Gasteiger partial charge in [-0.05, 0) is 5.56 Å². The van der Waals surface area contributed by atoms with E-state index in [4.69, 9.17) is 5.84 Å². The number of hydrogen-bond acceptors (Lipinski definition) is 5. The molecule has 0 bridgehead atoms. The lowest BCUT2D eigenvalue weighted by Gasteiger charge is -2.04. The van der Waals surface area contributed by atoms with Gasteiger partial charge in [0.25, 0.3) is 5.56 Å². The molecule has 2 N–H and O–H groups in total. The maximum atomic E-state index is 11.2. The second-order valence-corrected chi connectivity index (χ2v) is 4.05. The minimum Gasteiger partial charge on any atom is -0.334 e. The number of hydrogen-bond donors (Lipinski definition) is 1. The average molecular weight is 234 g/mol. The molecule has 0 aliphatic carbocycles. The fourth-order valence-corrected chi connectivity index (χ4v) is 1.97. The van der Waals surface area contributed by atoms with E-state index in [1.807, 2.05) is 30.3 Å². The Kier molecular flexibility index (Phi) is 3.21. The molecule has 1 aromatic heterocycles. The van der Waals surface area contributed by atoms with E-state index in [0.717, 1.165) is 16.4 Å². The summed E-state index contributed by atoms with van der Waals surface area (Å²) in [5.74, 6) is 6.23. The molecule has 0 atom stereocenters. The molecule has 6 heteroatoms. The lowest BCUT2D eigenvalue weighted by molar-refractivity contribution is 0.698. The van der Waals surface area contributed by atoms with Crippen LogP contribution < -0.4 is 11.4 Å². The van der Waals surface area contributed by atoms with Crippen molar-refractivity contribution < 1.29 is 0 Å². The van der Waals surface area contributed by atoms with Gasteiger partial charge < -0.3 is 5.84 Å². The summed E-state index contributed by atoms with van der Waals surface area (Å²) < 4.78 is 1.00. The van der Waals surface area contributed by atoms with Gasteiger partial charge in [0.15, 0.2) is 0 Å². The zero-order valence-electron chi connectivity index (χ0n) is 8.41. The highest BCUT2D eigenvalue weighted by Gasteiger charge is 2.03. The summed E-state index contributed by atoms with van der Waals surface area (Å²) in [5, 5.41) is 7.79. The summed E-state index contributed by atoms with van der Waals surface area (Å²) in [6.45, 7) is 0. The van der Waals surface area contributed by atoms with Crippen LogP contribution in [0.15, 0.2) is 46.5 Å². The van der Waals surface area contributed by atoms with E-state index < -0.39 is 0 Å². The van der Waals surface area contributed by atoms with Crippen molar-refractivity contribution in [1.29, 1.82) is 0 Å². The minimum absolute atomic E-state index is 0.356. The SMILES string of the molecule is Nn1c(SCc2ccccc2)nncc1=O. The zero-order valence-corrected chi connectivity index (χ0v) is 9.22. The maximum Gasteiger partial charge on any atom is 0.291 e. The van der Waals surface area contributed by atoms with Gasteiger partial charge in [0, 0.05) is 5.75 Å². The molecule has 82 valence electrons. The number of nitrogen functional groups attached to an aromatic ring is 1. The first-order valence-corrected chi connectivity index (χ1v) is 5.62. The Morgan fingerprint density at radius 2 is 2.06 bits per heavy atom. The third-order valence-electron chi connectivity index (χ3n) is 1.97. The van der Waals surface area contributed by atoms with E-state index in [1.54, 1.807) is 0 Å². The number of rotatable bonds is 3. The van der Waals surface area contributed by atoms with Crippen LogP contribution in [0.2, 0.25) is 0 Å². The van der Waals surface area contributed by atoms with E-state index in [0.29, 0.717) is 10.9 Å². The van der Waals surface area contributed by atoms with Crippen molar-refractivity contribution in [1.82, 2.24) is 14.9 Å². The molecule has 0 saturated heterocycles. The molecule has 0 radical (unpaired) electrons. The summed E-state index contributed by atoms with van der Waals surface area (Å²) in [6, 6.07) is 9.88. The van der Waals surface area contributed by atoms with Crippen LogP contribution in [0.3, 0.4) is 0 Å². The van der Waals surface area contributed by atoms with Crippen molar-refractivity contribution in [3.8, 4) is 0 Å². The number of thioether (sulfide) groups is 1. The quantitative estimate of drug-likeness (QED) is 0.623. The smallest absolute Gasteiger partial charge is 0.291 e. The molecule has 16 heavy (non-hydrogen) atoms. The number of nitrogens with two attached hydrogens (primary N) is 1. The molecular weight excluding hydrogens is 224 g/mol. The predicted octanol–water partition coefficient (Wildman–Crippen LogP) is 0.644. The van der Waals surface area contributed by atoms with E-state index in [1.165, 1.54) is 11.8 Å². The molecule has 5 nitrogen and oxygen atoms in total. The van der Waals surface area contributed by atoms with Crippen molar-refractivity contribution in [3.05, 3.63) is 52.4 Å². The molecule has 0 unspecified atom stereocenters. The monoisotopic (exact) mass is 234 g/mol. The Balaban J connectivity index is 2.11. The van der Waals surface area contributed by atoms with Crippen molar-refractivity contribution in [2.24, 2.45) is 0 Å². The highest BCUT2D eigenvalue weighted by atomic mass is 32.2. The molecule has 0 spiro atoms. The standard InChI is InChI=1S/C10H10N4OS/c11-14-9(15)6-12-13-10(14)16-7-8-4-2-1-3-5-8/h1-6H,7,11H2. The summed E-state index contributed by atoms with van der Waals surface area (Å²) in [7, 11) is 0. The third kappa shape index (κ3) is 2.40. The van der Waals surface area contributed by atoms with E-state index >= 15 is 0 Å². The predicted molar refractivity (Wildman–Crippen MR) is 62.4 cm³/mol. The summed E-state index contributed by atoms with van der Waals surface area (Å²) in [4.78, 5) is 11.2. The Bertz CT molecular complexity index is 526. The topological polar surface area (TPSA) is 73.8 Å². The van der Waals surface area contributed by atoms with Gasteiger partial charge in [-0.15, -0.1) is 5.10 Å². The molecular formula is C10H10N4OS. The molecule has 2 rings (SSSR count). The molecule has 2 aromatic rings. The van der Waals surface area contributed by atoms with Crippen LogP contribution in [-0.4, -0.2) is 14.9 Å². The van der Waals surface area contributed by atoms with Gasteiger partial charge >= 0.3 is 0 Å². The zero-order chi connectivity index (χ0) is 11.4. The molecule has 0 fully saturated rings. The second kappa shape index (κ2) is 4.80. The van der Waals surface area contributed by atoms with Crippen molar-refractivity contribution in [2.45, 2.75) is 10.9 Å². The second-order valence-electron chi connectivity index (χ2n) is 3.11. The minimum atomic E-state index is -0.356. The van der Waals surface area contributed by atoms with Crippen molar-refractivity contribution in [2.75, 3.05) is 5.84 Å². The molecule has 1 heterocycles. The number of benzene rings is 1. The van der Waals surface area contributed by atoms with Crippen LogP contribution >= 0.6 is 11.8 Å². The lowest BCUT2D eigenvalue weighted by Crippen LogP contribution is -2.29. The first-order valence-electron chi connectivity index (χ1n) is 4.64. The fraction of sp³-hybridized carbons (Fsp3) is 0.100. The van der Waals surface area contributed by atoms with Gasteiger partial charge in [-0.3, -0.25) is 4.79 Å². The summed E-state index contributed by atoms with van der Waals surface area (Å²) in [5.41, 5.74) is 0.788. The first kappa shape index (κ1) is 10.7. The highest BCUT2D eigenvalue weighted by Crippen LogP contribution is 2.17. The molecule has 0 aliphatic rings. The largest absolute Gasteiger partial charge is 0.334 e. The van der Waals surface area contributed by atoms with Gasteiger partial charge in [0.1, 0.15) is 6.20 Å². The normalized spacial score (nSPS) is 10.2. The Labute approximate surface area is 96.3 Å². The highest BCUT2D eigenvalue weighted by molar-refractivity contribution is 7.98. The van der Waals surface area contributed by atoms with Gasteiger partial charge in [-0.1, -0.05) is 42.1 Å². The first-order chi connectivity index (χ1) is 7.77. The van der Waals surface area contributed by atoms with Crippen LogP contribution in [0, 0.1) is 0 Å². The van der Waals surface area contributed by atoms with Gasteiger partial charge in [-0.2, -0.15) is 9.77 Å². The molecule has 0 aliphatic heterocycles. The molecule has 0 amide bonds. The summed E-state index contributed by atoms with van der Waals surface area (Å²) >= 11 is 1.38. The summed E-state index contributed by atoms with van der Waals surface area (Å²) in [6.07, 6.45) is 1.09. The van der Waals surface area contributed by atoms with Gasteiger partial charge in [-0.25, -0.2) is 0 Å². The van der Waals surface area contributed by atoms with E-state index in [2.05, 4.69) is 10.2 Å². The maximum absolute atomic E-state index is 11.2. The van der Waals surface area contributed by atoms with Crippen LogP contribution in [-0.2, 0) is 5.75 Å². The van der Waals surface area contributed by atoms with E-state index in [9.17, 15) is 4.79 Å². The van der Waals surface area contributed by atoms with Crippen LogP contribution in [0.1, 0.15) is 5.56 Å². The fourth-order valence-electron chi connectivity index (χ4n) is 1.15. The van der Waals surface area contributed by atoms with E-state index in [-0.39, 0.29) is 5.56 Å².